The minimum Gasteiger partial charge on any atom is -0.339 e. The second-order valence-electron chi connectivity index (χ2n) is 7.71. The lowest BCUT2D eigenvalue weighted by molar-refractivity contribution is -0.394. The lowest BCUT2D eigenvalue weighted by Gasteiger charge is -2.17. The molecule has 2 rings (SSSR count). The van der Waals surface area contributed by atoms with E-state index in [9.17, 15) is 29.8 Å². The first kappa shape index (κ1) is 27.4. The monoisotopic (exact) mass is 501 g/mol. The normalized spacial score (nSPS) is 12.0. The number of non-ortho nitro benzene ring substituents is 2. The van der Waals surface area contributed by atoms with E-state index in [1.54, 1.807) is 6.92 Å². The smallest absolute Gasteiger partial charge is 0.277 e. The van der Waals surface area contributed by atoms with Crippen LogP contribution in [0.2, 0.25) is 0 Å². The van der Waals surface area contributed by atoms with Crippen LogP contribution < -0.4 is 10.7 Å². The first-order chi connectivity index (χ1) is 16.7. The number of carbonyl (C=O) groups is 2. The van der Waals surface area contributed by atoms with Crippen LogP contribution in [0.4, 0.5) is 11.4 Å². The minimum absolute atomic E-state index is 0.188. The van der Waals surface area contributed by atoms with Crippen LogP contribution in [-0.2, 0) is 10.5 Å². The summed E-state index contributed by atoms with van der Waals surface area (Å²) in [6.07, 6.45) is 2.61. The van der Waals surface area contributed by atoms with Crippen molar-refractivity contribution >= 4 is 40.7 Å². The van der Waals surface area contributed by atoms with Crippen molar-refractivity contribution < 1.29 is 19.4 Å². The van der Waals surface area contributed by atoms with Gasteiger partial charge in [0.15, 0.2) is 0 Å². The summed E-state index contributed by atoms with van der Waals surface area (Å²) in [5.74, 6) is -0.632. The lowest BCUT2D eigenvalue weighted by Crippen LogP contribution is -2.47. The Morgan fingerprint density at radius 3 is 2.26 bits per heavy atom. The Hall–Kier alpha value is -3.80. The van der Waals surface area contributed by atoms with Gasteiger partial charge in [-0.15, -0.1) is 0 Å². The van der Waals surface area contributed by atoms with Crippen LogP contribution in [0.25, 0.3) is 0 Å². The van der Waals surface area contributed by atoms with Gasteiger partial charge >= 0.3 is 0 Å². The predicted molar refractivity (Wildman–Crippen MR) is 134 cm³/mol. The number of nitrogens with one attached hydrogen (secondary N) is 2. The van der Waals surface area contributed by atoms with Gasteiger partial charge in [-0.2, -0.15) is 16.9 Å². The first-order valence-corrected chi connectivity index (χ1v) is 12.1. The van der Waals surface area contributed by atoms with Gasteiger partial charge in [0.05, 0.1) is 21.5 Å². The van der Waals surface area contributed by atoms with E-state index < -0.39 is 39.1 Å². The molecule has 0 saturated heterocycles. The highest BCUT2D eigenvalue weighted by molar-refractivity contribution is 7.98. The first-order valence-electron chi connectivity index (χ1n) is 10.9. The number of thioether (sulfide) groups is 1. The maximum atomic E-state index is 12.8. The topological polar surface area (TPSA) is 157 Å². The second kappa shape index (κ2) is 13.8. The Bertz CT molecular complexity index is 1060. The van der Waals surface area contributed by atoms with Gasteiger partial charge < -0.3 is 5.32 Å². The summed E-state index contributed by atoms with van der Waals surface area (Å²) in [5, 5.41) is 28.9. The summed E-state index contributed by atoms with van der Waals surface area (Å²) in [4.78, 5) is 46.3. The third-order valence-corrected chi connectivity index (χ3v) is 5.96. The fourth-order valence-electron chi connectivity index (χ4n) is 2.95. The van der Waals surface area contributed by atoms with Crippen LogP contribution >= 0.6 is 11.8 Å². The third-order valence-electron chi connectivity index (χ3n) is 4.85. The maximum absolute atomic E-state index is 12.8. The van der Waals surface area contributed by atoms with Crippen LogP contribution in [0.3, 0.4) is 0 Å². The number of benzene rings is 2. The van der Waals surface area contributed by atoms with Gasteiger partial charge in [0, 0.05) is 29.4 Å². The van der Waals surface area contributed by atoms with Gasteiger partial charge in [0.2, 0.25) is 0 Å². The molecule has 0 heterocycles. The average Bonchev–Trinajstić information content (AvgIpc) is 2.85. The molecule has 0 spiro atoms. The fraction of sp³-hybridized carbons (Fsp3) is 0.348. The van der Waals surface area contributed by atoms with Crippen molar-refractivity contribution in [3.8, 4) is 0 Å². The van der Waals surface area contributed by atoms with E-state index in [1.165, 1.54) is 11.8 Å². The number of rotatable bonds is 13. The van der Waals surface area contributed by atoms with Gasteiger partial charge in [0.1, 0.15) is 6.04 Å². The van der Waals surface area contributed by atoms with E-state index in [1.807, 2.05) is 37.3 Å². The molecule has 0 unspecified atom stereocenters. The zero-order valence-corrected chi connectivity index (χ0v) is 20.2. The zero-order chi connectivity index (χ0) is 25.8. The number of nitro groups is 2. The molecule has 35 heavy (non-hydrogen) atoms. The van der Waals surface area contributed by atoms with E-state index in [0.29, 0.717) is 12.2 Å². The molecule has 2 aromatic carbocycles. The molecule has 0 bridgehead atoms. The van der Waals surface area contributed by atoms with Crippen LogP contribution in [0, 0.1) is 20.2 Å². The molecule has 12 heteroatoms. The summed E-state index contributed by atoms with van der Waals surface area (Å²) < 4.78 is 0. The maximum Gasteiger partial charge on any atom is 0.277 e. The fourth-order valence-corrected chi connectivity index (χ4v) is 3.96. The molecule has 2 amide bonds. The Labute approximate surface area is 206 Å². The predicted octanol–water partition coefficient (Wildman–Crippen LogP) is 4.22. The molecular weight excluding hydrogens is 474 g/mol. The summed E-state index contributed by atoms with van der Waals surface area (Å²) in [6, 6.07) is 11.1. The quantitative estimate of drug-likeness (QED) is 0.236. The Kier molecular flexibility index (Phi) is 10.8. The van der Waals surface area contributed by atoms with Gasteiger partial charge in [0.25, 0.3) is 23.2 Å². The number of nitrogens with zero attached hydrogens (tertiary/aromatic N) is 3. The van der Waals surface area contributed by atoms with Crippen molar-refractivity contribution in [1.29, 1.82) is 0 Å². The average molecular weight is 502 g/mol. The molecule has 2 aromatic rings. The highest BCUT2D eigenvalue weighted by Gasteiger charge is 2.25. The van der Waals surface area contributed by atoms with Crippen molar-refractivity contribution in [3.63, 3.8) is 0 Å². The Morgan fingerprint density at radius 1 is 1.06 bits per heavy atom. The molecule has 186 valence electrons. The van der Waals surface area contributed by atoms with Crippen molar-refractivity contribution in [2.45, 2.75) is 44.9 Å². The molecule has 0 aliphatic carbocycles. The van der Waals surface area contributed by atoms with E-state index in [-0.39, 0.29) is 11.3 Å². The lowest BCUT2D eigenvalue weighted by atomic mass is 10.1. The zero-order valence-electron chi connectivity index (χ0n) is 19.4. The van der Waals surface area contributed by atoms with Crippen molar-refractivity contribution in [2.24, 2.45) is 5.10 Å². The molecule has 0 fully saturated rings. The molecule has 0 radical (unpaired) electrons. The number of carbonyl (C=O) groups excluding carboxylic acids is 2. The van der Waals surface area contributed by atoms with E-state index in [4.69, 9.17) is 0 Å². The molecule has 2 N–H and O–H groups in total. The summed E-state index contributed by atoms with van der Waals surface area (Å²) in [5.41, 5.74) is 2.74. The molecular formula is C23H27N5O6S. The Morgan fingerprint density at radius 2 is 1.69 bits per heavy atom. The number of nitro benzene ring substituents is 2. The van der Waals surface area contributed by atoms with Gasteiger partial charge in [-0.1, -0.05) is 43.7 Å². The third kappa shape index (κ3) is 9.16. The SMILES string of the molecule is CCCC/C(C)=N\NC(=O)[C@@H](CSCc1ccccc1)NC(=O)c1cc([N+](=O)[O-])cc([N+](=O)[O-])c1. The highest BCUT2D eigenvalue weighted by atomic mass is 32.2. The van der Waals surface area contributed by atoms with E-state index >= 15 is 0 Å². The number of unbranched alkanes of at least 4 members (excludes halogenated alkanes) is 1. The number of hydrogen-bond donors (Lipinski definition) is 2. The molecule has 0 aliphatic heterocycles. The minimum atomic E-state index is -1.03. The van der Waals surface area contributed by atoms with Crippen molar-refractivity contribution in [3.05, 3.63) is 79.9 Å². The molecule has 0 aromatic heterocycles. The number of hydrogen-bond acceptors (Lipinski definition) is 8. The van der Waals surface area contributed by atoms with Crippen molar-refractivity contribution in [2.75, 3.05) is 5.75 Å². The van der Waals surface area contributed by atoms with Crippen LogP contribution in [0.5, 0.6) is 0 Å². The van der Waals surface area contributed by atoms with E-state index in [2.05, 4.69) is 15.8 Å². The van der Waals surface area contributed by atoms with Gasteiger partial charge in [-0.05, 0) is 25.3 Å². The number of hydrazone groups is 1. The Balaban J connectivity index is 2.19. The van der Waals surface area contributed by atoms with Gasteiger partial charge in [-0.3, -0.25) is 29.8 Å². The summed E-state index contributed by atoms with van der Waals surface area (Å²) in [7, 11) is 0. The largest absolute Gasteiger partial charge is 0.339 e. The van der Waals surface area contributed by atoms with Gasteiger partial charge in [-0.25, -0.2) is 5.43 Å². The summed E-state index contributed by atoms with van der Waals surface area (Å²) >= 11 is 1.40. The molecule has 11 nitrogen and oxygen atoms in total. The van der Waals surface area contributed by atoms with E-state index in [0.717, 1.165) is 42.3 Å². The molecule has 0 saturated carbocycles. The van der Waals surface area contributed by atoms with Crippen LogP contribution in [0.1, 0.15) is 49.0 Å². The van der Waals surface area contributed by atoms with Crippen LogP contribution in [0.15, 0.2) is 53.6 Å². The second-order valence-corrected chi connectivity index (χ2v) is 8.74. The number of amides is 2. The van der Waals surface area contributed by atoms with Crippen LogP contribution in [-0.4, -0.2) is 39.2 Å². The standard InChI is InChI=1S/C23H27N5O6S/c1-3-4-8-16(2)25-26-23(30)21(15-35-14-17-9-6-5-7-10-17)24-22(29)18-11-19(27(31)32)13-20(12-18)28(33)34/h5-7,9-13,21H,3-4,8,14-15H2,1-2H3,(H,24,29)(H,26,30)/b25-16-/t21-/m1/s1. The molecule has 0 aliphatic rings. The summed E-state index contributed by atoms with van der Waals surface area (Å²) in [6.45, 7) is 3.83. The highest BCUT2D eigenvalue weighted by Crippen LogP contribution is 2.23. The molecule has 1 atom stereocenters. The van der Waals surface area contributed by atoms with Crippen molar-refractivity contribution in [1.82, 2.24) is 10.7 Å².